The normalized spacial score (nSPS) is 11.5. The quantitative estimate of drug-likeness (QED) is 0.163. The van der Waals surface area contributed by atoms with Crippen molar-refractivity contribution in [3.05, 3.63) is 212 Å². The minimum absolute atomic E-state index is 0.708. The van der Waals surface area contributed by atoms with Gasteiger partial charge in [-0.15, -0.1) is 0 Å². The third kappa shape index (κ3) is 5.44. The minimum Gasteiger partial charge on any atom is -0.336 e. The Morgan fingerprint density at radius 2 is 0.887 bits per heavy atom. The zero-order chi connectivity index (χ0) is 35.1. The summed E-state index contributed by atoms with van der Waals surface area (Å²) in [6.45, 7) is 0.708. The fourth-order valence-corrected chi connectivity index (χ4v) is 8.15. The van der Waals surface area contributed by atoms with Crippen LogP contribution < -0.4 is 4.90 Å². The Morgan fingerprint density at radius 3 is 1.60 bits per heavy atom. The molecule has 1 aromatic heterocycles. The van der Waals surface area contributed by atoms with Crippen LogP contribution in [0.5, 0.6) is 0 Å². The number of hydrogen-bond acceptors (Lipinski definition) is 1. The lowest BCUT2D eigenvalue weighted by Gasteiger charge is -2.29. The molecule has 0 saturated carbocycles. The minimum atomic E-state index is 0.708. The lowest BCUT2D eigenvalue weighted by molar-refractivity contribution is 0.988. The summed E-state index contributed by atoms with van der Waals surface area (Å²) in [5.74, 6) is 0. The van der Waals surface area contributed by atoms with E-state index in [1.165, 1.54) is 82.5 Å². The van der Waals surface area contributed by atoms with Crippen LogP contribution in [0.15, 0.2) is 206 Å². The number of aromatic nitrogens is 1. The van der Waals surface area contributed by atoms with Gasteiger partial charge < -0.3 is 9.47 Å². The number of para-hydroxylation sites is 1. The molecule has 10 aromatic rings. The maximum Gasteiger partial charge on any atom is 0.0547 e. The lowest BCUT2D eigenvalue weighted by atomic mass is 9.97. The molecule has 1 heterocycles. The molecule has 0 spiro atoms. The van der Waals surface area contributed by atoms with Gasteiger partial charge in [0.2, 0.25) is 0 Å². The third-order valence-electron chi connectivity index (χ3n) is 10.7. The molecule has 0 N–H and O–H groups in total. The Balaban J connectivity index is 1.13. The van der Waals surface area contributed by atoms with Crippen molar-refractivity contribution in [3.8, 4) is 27.9 Å². The van der Waals surface area contributed by atoms with Crippen LogP contribution in [0.1, 0.15) is 5.56 Å². The molecule has 0 saturated heterocycles. The van der Waals surface area contributed by atoms with E-state index >= 15 is 0 Å². The number of rotatable bonds is 7. The smallest absolute Gasteiger partial charge is 0.0547 e. The van der Waals surface area contributed by atoms with Crippen LogP contribution in [0.2, 0.25) is 0 Å². The molecule has 10 rings (SSSR count). The van der Waals surface area contributed by atoms with Gasteiger partial charge in [-0.3, -0.25) is 0 Å². The summed E-state index contributed by atoms with van der Waals surface area (Å²) >= 11 is 0. The molecule has 0 radical (unpaired) electrons. The fourth-order valence-electron chi connectivity index (χ4n) is 8.15. The molecular formula is C51H36N2. The van der Waals surface area contributed by atoms with Gasteiger partial charge in [0, 0.05) is 45.2 Å². The molecule has 2 heteroatoms. The molecule has 0 atom stereocenters. The lowest BCUT2D eigenvalue weighted by Crippen LogP contribution is -2.18. The maximum atomic E-state index is 2.51. The van der Waals surface area contributed by atoms with E-state index < -0.39 is 0 Å². The molecule has 53 heavy (non-hydrogen) atoms. The van der Waals surface area contributed by atoms with E-state index in [0.717, 1.165) is 5.69 Å². The van der Waals surface area contributed by atoms with Gasteiger partial charge in [-0.1, -0.05) is 170 Å². The maximum absolute atomic E-state index is 2.51. The number of hydrogen-bond donors (Lipinski definition) is 0. The van der Waals surface area contributed by atoms with Gasteiger partial charge >= 0.3 is 0 Å². The van der Waals surface area contributed by atoms with E-state index in [1.807, 2.05) is 0 Å². The first-order valence-corrected chi connectivity index (χ1v) is 18.3. The number of nitrogens with zero attached hydrogens (tertiary/aromatic N) is 2. The van der Waals surface area contributed by atoms with Gasteiger partial charge in [0.05, 0.1) is 11.0 Å². The Labute approximate surface area is 309 Å². The number of anilines is 2. The second-order valence-electron chi connectivity index (χ2n) is 13.7. The first-order valence-electron chi connectivity index (χ1n) is 18.3. The second-order valence-corrected chi connectivity index (χ2v) is 13.7. The summed E-state index contributed by atoms with van der Waals surface area (Å²) in [6.07, 6.45) is 0. The highest BCUT2D eigenvalue weighted by molar-refractivity contribution is 6.10. The molecule has 250 valence electrons. The molecule has 0 fully saturated rings. The molecule has 0 unspecified atom stereocenters. The highest BCUT2D eigenvalue weighted by Gasteiger charge is 2.19. The van der Waals surface area contributed by atoms with Crippen molar-refractivity contribution in [3.63, 3.8) is 0 Å². The average Bonchev–Trinajstić information content (AvgIpc) is 3.56. The zero-order valence-electron chi connectivity index (χ0n) is 29.2. The predicted molar refractivity (Wildman–Crippen MR) is 225 cm³/mol. The molecule has 0 bridgehead atoms. The van der Waals surface area contributed by atoms with Crippen LogP contribution in [-0.4, -0.2) is 4.57 Å². The summed E-state index contributed by atoms with van der Waals surface area (Å²) < 4.78 is 2.42. The van der Waals surface area contributed by atoms with E-state index in [1.54, 1.807) is 0 Å². The molecule has 0 aliphatic rings. The molecule has 0 amide bonds. The monoisotopic (exact) mass is 676 g/mol. The Hall–Kier alpha value is -6.90. The van der Waals surface area contributed by atoms with Gasteiger partial charge in [-0.2, -0.15) is 0 Å². The van der Waals surface area contributed by atoms with E-state index in [-0.39, 0.29) is 0 Å². The van der Waals surface area contributed by atoms with Gasteiger partial charge in [-0.05, 0) is 75.0 Å². The van der Waals surface area contributed by atoms with Gasteiger partial charge in [-0.25, -0.2) is 0 Å². The average molecular weight is 677 g/mol. The van der Waals surface area contributed by atoms with Crippen LogP contribution in [0.3, 0.4) is 0 Å². The Morgan fingerprint density at radius 1 is 0.358 bits per heavy atom. The molecule has 9 aromatic carbocycles. The first-order chi connectivity index (χ1) is 26.3. The van der Waals surface area contributed by atoms with Gasteiger partial charge in [0.25, 0.3) is 0 Å². The van der Waals surface area contributed by atoms with Crippen LogP contribution in [0.4, 0.5) is 11.4 Å². The van der Waals surface area contributed by atoms with Crippen molar-refractivity contribution in [1.29, 1.82) is 0 Å². The molecule has 2 nitrogen and oxygen atoms in total. The standard InChI is InChI=1S/C51H36N2/c1-2-14-36(15-3-1)37-28-31-42(32-29-37)53-50-25-11-10-24-46(50)47-33-30-40(34-51(47)53)43-21-7-6-18-41(43)35-52(48-26-12-19-38-16-4-8-22-44(38)48)49-27-13-20-39-17-5-9-23-45(39)49/h1-34H,35H2. The van der Waals surface area contributed by atoms with Crippen molar-refractivity contribution in [1.82, 2.24) is 4.57 Å². The van der Waals surface area contributed by atoms with Crippen molar-refractivity contribution >= 4 is 54.7 Å². The van der Waals surface area contributed by atoms with Crippen LogP contribution in [0.25, 0.3) is 71.3 Å². The van der Waals surface area contributed by atoms with Crippen molar-refractivity contribution < 1.29 is 0 Å². The van der Waals surface area contributed by atoms with Crippen molar-refractivity contribution in [2.75, 3.05) is 4.90 Å². The molecule has 0 aliphatic heterocycles. The zero-order valence-corrected chi connectivity index (χ0v) is 29.2. The van der Waals surface area contributed by atoms with Crippen LogP contribution >= 0.6 is 0 Å². The first kappa shape index (κ1) is 30.9. The van der Waals surface area contributed by atoms with E-state index in [9.17, 15) is 0 Å². The van der Waals surface area contributed by atoms with Crippen molar-refractivity contribution in [2.24, 2.45) is 0 Å². The summed E-state index contributed by atoms with van der Waals surface area (Å²) in [5.41, 5.74) is 12.1. The van der Waals surface area contributed by atoms with Crippen LogP contribution in [-0.2, 0) is 6.54 Å². The van der Waals surface area contributed by atoms with E-state index in [2.05, 4.69) is 216 Å². The third-order valence-corrected chi connectivity index (χ3v) is 10.7. The summed E-state index contributed by atoms with van der Waals surface area (Å²) in [4.78, 5) is 2.51. The molecular weight excluding hydrogens is 641 g/mol. The Bertz CT molecular complexity index is 2830. The highest BCUT2D eigenvalue weighted by Crippen LogP contribution is 2.40. The summed E-state index contributed by atoms with van der Waals surface area (Å²) in [7, 11) is 0. The summed E-state index contributed by atoms with van der Waals surface area (Å²) in [6, 6.07) is 75.0. The Kier molecular flexibility index (Phi) is 7.58. The second kappa shape index (κ2) is 13.0. The molecule has 0 aliphatic carbocycles. The predicted octanol–water partition coefficient (Wildman–Crippen LogP) is 13.8. The highest BCUT2D eigenvalue weighted by atomic mass is 15.1. The van der Waals surface area contributed by atoms with Gasteiger partial charge in [0.15, 0.2) is 0 Å². The van der Waals surface area contributed by atoms with E-state index in [4.69, 9.17) is 0 Å². The summed E-state index contributed by atoms with van der Waals surface area (Å²) in [5, 5.41) is 7.46. The number of benzene rings is 9. The van der Waals surface area contributed by atoms with Gasteiger partial charge in [0.1, 0.15) is 0 Å². The number of fused-ring (bicyclic) bond motifs is 5. The van der Waals surface area contributed by atoms with Crippen molar-refractivity contribution in [2.45, 2.75) is 6.54 Å². The largest absolute Gasteiger partial charge is 0.336 e. The van der Waals surface area contributed by atoms with E-state index in [0.29, 0.717) is 6.54 Å². The van der Waals surface area contributed by atoms with Crippen LogP contribution in [0, 0.1) is 0 Å². The SMILES string of the molecule is c1ccc(-c2ccc(-n3c4ccccc4c4ccc(-c5ccccc5CN(c5cccc6ccccc56)c5cccc6ccccc56)cc43)cc2)cc1. The fraction of sp³-hybridized carbons (Fsp3) is 0.0196. The topological polar surface area (TPSA) is 8.17 Å².